The summed E-state index contributed by atoms with van der Waals surface area (Å²) in [4.78, 5) is 14.4. The van der Waals surface area contributed by atoms with Crippen molar-refractivity contribution in [3.05, 3.63) is 48.3 Å². The van der Waals surface area contributed by atoms with Gasteiger partial charge in [0, 0.05) is 11.9 Å². The first kappa shape index (κ1) is 14.5. The van der Waals surface area contributed by atoms with Gasteiger partial charge in [0.1, 0.15) is 5.75 Å². The van der Waals surface area contributed by atoms with E-state index in [2.05, 4.69) is 24.0 Å². The van der Waals surface area contributed by atoms with Gasteiger partial charge in [0.15, 0.2) is 0 Å². The van der Waals surface area contributed by atoms with Gasteiger partial charge in [0.25, 0.3) is 0 Å². The van der Waals surface area contributed by atoms with Crippen LogP contribution < -0.4 is 9.64 Å². The molecule has 2 aromatic rings. The maximum absolute atomic E-state index is 12.6. The summed E-state index contributed by atoms with van der Waals surface area (Å²) in [6.45, 7) is 4.16. The number of rotatable bonds is 4. The first-order valence-corrected chi connectivity index (χ1v) is 7.37. The van der Waals surface area contributed by atoms with Gasteiger partial charge >= 0.3 is 0 Å². The molecule has 0 radical (unpaired) electrons. The molecule has 5 nitrogen and oxygen atoms in total. The number of benzene rings is 1. The largest absolute Gasteiger partial charge is 0.497 e. The van der Waals surface area contributed by atoms with Crippen LogP contribution in [-0.4, -0.2) is 23.2 Å². The van der Waals surface area contributed by atoms with Gasteiger partial charge in [-0.25, -0.2) is 0 Å². The molecular weight excluding hydrogens is 278 g/mol. The number of anilines is 1. The van der Waals surface area contributed by atoms with Crippen LogP contribution in [0.3, 0.4) is 0 Å². The van der Waals surface area contributed by atoms with Crippen LogP contribution in [0.5, 0.6) is 5.75 Å². The minimum absolute atomic E-state index is 0.0106. The van der Waals surface area contributed by atoms with Crippen LogP contribution in [0.25, 0.3) is 0 Å². The van der Waals surface area contributed by atoms with E-state index in [1.807, 2.05) is 35.2 Å². The lowest BCUT2D eigenvalue weighted by Gasteiger charge is -2.49. The summed E-state index contributed by atoms with van der Waals surface area (Å²) in [5.74, 6) is 1.19. The molecule has 1 aromatic carbocycles. The highest BCUT2D eigenvalue weighted by molar-refractivity contribution is 6.03. The molecule has 0 unspecified atom stereocenters. The van der Waals surface area contributed by atoms with E-state index in [0.29, 0.717) is 0 Å². The molecule has 114 valence electrons. The monoisotopic (exact) mass is 297 g/mol. The molecule has 1 aromatic heterocycles. The van der Waals surface area contributed by atoms with Crippen molar-refractivity contribution in [2.24, 2.45) is 11.8 Å². The Kier molecular flexibility index (Phi) is 3.79. The van der Waals surface area contributed by atoms with Gasteiger partial charge in [0.2, 0.25) is 5.91 Å². The molecule has 0 spiro atoms. The first-order valence-electron chi connectivity index (χ1n) is 7.37. The Morgan fingerprint density at radius 3 is 2.41 bits per heavy atom. The fourth-order valence-electron chi connectivity index (χ4n) is 3.02. The van der Waals surface area contributed by atoms with Crippen molar-refractivity contribution < 1.29 is 9.53 Å². The number of β-lactam (4-membered cyclic amide) rings is 1. The van der Waals surface area contributed by atoms with E-state index in [9.17, 15) is 4.79 Å². The molecule has 2 heterocycles. The van der Waals surface area contributed by atoms with Gasteiger partial charge in [-0.3, -0.25) is 4.79 Å². The molecule has 22 heavy (non-hydrogen) atoms. The zero-order valence-electron chi connectivity index (χ0n) is 12.9. The normalized spacial score (nSPS) is 20.9. The van der Waals surface area contributed by atoms with E-state index in [-0.39, 0.29) is 23.8 Å². The Morgan fingerprint density at radius 2 is 1.86 bits per heavy atom. The van der Waals surface area contributed by atoms with Crippen LogP contribution in [0, 0.1) is 11.8 Å². The van der Waals surface area contributed by atoms with E-state index >= 15 is 0 Å². The van der Waals surface area contributed by atoms with Crippen molar-refractivity contribution in [1.29, 1.82) is 0 Å². The molecule has 0 N–H and O–H groups in total. The van der Waals surface area contributed by atoms with Crippen molar-refractivity contribution in [3.63, 3.8) is 0 Å². The van der Waals surface area contributed by atoms with E-state index in [1.165, 1.54) is 0 Å². The third kappa shape index (κ3) is 2.32. The minimum Gasteiger partial charge on any atom is -0.497 e. The van der Waals surface area contributed by atoms with Crippen LogP contribution in [-0.2, 0) is 4.79 Å². The average molecular weight is 297 g/mol. The Balaban J connectivity index is 1.96. The topological polar surface area (TPSA) is 55.3 Å². The number of carbonyl (C=O) groups excluding carboxylic acids is 1. The lowest BCUT2D eigenvalue weighted by atomic mass is 9.75. The molecule has 1 saturated heterocycles. The lowest BCUT2D eigenvalue weighted by Crippen LogP contribution is -2.57. The maximum Gasteiger partial charge on any atom is 0.233 e. The van der Waals surface area contributed by atoms with Crippen molar-refractivity contribution in [3.8, 4) is 5.75 Å². The number of hydrogen-bond donors (Lipinski definition) is 0. The summed E-state index contributed by atoms with van der Waals surface area (Å²) >= 11 is 0. The summed E-state index contributed by atoms with van der Waals surface area (Å²) in [5.41, 5.74) is 1.90. The second-order valence-corrected chi connectivity index (χ2v) is 5.80. The SMILES string of the molecule is COc1ccc(N2C(=O)[C@@H](C(C)C)[C@H]2c2ccnnc2)cc1. The lowest BCUT2D eigenvalue weighted by molar-refractivity contribution is -0.132. The van der Waals surface area contributed by atoms with Gasteiger partial charge in [-0.2, -0.15) is 10.2 Å². The van der Waals surface area contributed by atoms with E-state index in [0.717, 1.165) is 17.0 Å². The van der Waals surface area contributed by atoms with Crippen molar-refractivity contribution in [1.82, 2.24) is 10.2 Å². The first-order chi connectivity index (χ1) is 10.6. The zero-order chi connectivity index (χ0) is 15.7. The van der Waals surface area contributed by atoms with Crippen molar-refractivity contribution in [2.75, 3.05) is 12.0 Å². The standard InChI is InChI=1S/C17H19N3O2/c1-11(2)15-16(12-8-9-18-19-10-12)20(17(15)21)13-4-6-14(22-3)7-5-13/h4-11,15-16H,1-3H3/t15-,16+/m0/s1. The quantitative estimate of drug-likeness (QED) is 0.814. The number of aromatic nitrogens is 2. The average Bonchev–Trinajstić information content (AvgIpc) is 2.53. The van der Waals surface area contributed by atoms with Crippen LogP contribution in [0.2, 0.25) is 0 Å². The molecular formula is C17H19N3O2. The third-order valence-corrected chi connectivity index (χ3v) is 4.16. The molecule has 1 amide bonds. The fraction of sp³-hybridized carbons (Fsp3) is 0.353. The number of nitrogens with zero attached hydrogens (tertiary/aromatic N) is 3. The smallest absolute Gasteiger partial charge is 0.233 e. The summed E-state index contributed by atoms with van der Waals surface area (Å²) in [5, 5.41) is 7.78. The highest BCUT2D eigenvalue weighted by atomic mass is 16.5. The number of amides is 1. The van der Waals surface area contributed by atoms with Crippen molar-refractivity contribution >= 4 is 11.6 Å². The summed E-state index contributed by atoms with van der Waals surface area (Å²) in [6, 6.07) is 9.50. The van der Waals surface area contributed by atoms with Gasteiger partial charge in [-0.1, -0.05) is 13.8 Å². The number of carbonyl (C=O) groups is 1. The molecule has 0 aliphatic carbocycles. The fourth-order valence-corrected chi connectivity index (χ4v) is 3.02. The van der Waals surface area contributed by atoms with Crippen LogP contribution >= 0.6 is 0 Å². The summed E-state index contributed by atoms with van der Waals surface area (Å²) < 4.78 is 5.18. The Hall–Kier alpha value is -2.43. The predicted molar refractivity (Wildman–Crippen MR) is 83.6 cm³/mol. The second kappa shape index (κ2) is 5.75. The molecule has 1 aliphatic heterocycles. The molecule has 2 atom stereocenters. The van der Waals surface area contributed by atoms with Gasteiger partial charge in [-0.05, 0) is 41.8 Å². The highest BCUT2D eigenvalue weighted by Crippen LogP contribution is 2.46. The van der Waals surface area contributed by atoms with Crippen LogP contribution in [0.4, 0.5) is 5.69 Å². The zero-order valence-corrected chi connectivity index (χ0v) is 12.9. The molecule has 5 heteroatoms. The van der Waals surface area contributed by atoms with Gasteiger partial charge < -0.3 is 9.64 Å². The molecule has 3 rings (SSSR count). The predicted octanol–water partition coefficient (Wildman–Crippen LogP) is 2.85. The molecule has 0 saturated carbocycles. The number of ether oxygens (including phenoxy) is 1. The van der Waals surface area contributed by atoms with E-state index in [4.69, 9.17) is 4.74 Å². The second-order valence-electron chi connectivity index (χ2n) is 5.80. The Labute approximate surface area is 129 Å². The van der Waals surface area contributed by atoms with Crippen molar-refractivity contribution in [2.45, 2.75) is 19.9 Å². The van der Waals surface area contributed by atoms with Crippen LogP contribution in [0.1, 0.15) is 25.5 Å². The molecule has 0 bridgehead atoms. The number of hydrogen-bond acceptors (Lipinski definition) is 4. The van der Waals surface area contributed by atoms with E-state index < -0.39 is 0 Å². The number of methoxy groups -OCH3 is 1. The summed E-state index contributed by atoms with van der Waals surface area (Å²) in [6.07, 6.45) is 3.41. The van der Waals surface area contributed by atoms with Crippen LogP contribution in [0.15, 0.2) is 42.7 Å². The molecule has 1 aliphatic rings. The Bertz CT molecular complexity index is 655. The third-order valence-electron chi connectivity index (χ3n) is 4.16. The van der Waals surface area contributed by atoms with E-state index in [1.54, 1.807) is 19.5 Å². The molecule has 1 fully saturated rings. The maximum atomic E-state index is 12.6. The Morgan fingerprint density at radius 1 is 1.14 bits per heavy atom. The van der Waals surface area contributed by atoms with Gasteiger partial charge in [0.05, 0.1) is 25.3 Å². The summed E-state index contributed by atoms with van der Waals surface area (Å²) in [7, 11) is 1.63. The van der Waals surface area contributed by atoms with Gasteiger partial charge in [-0.15, -0.1) is 0 Å². The highest BCUT2D eigenvalue weighted by Gasteiger charge is 2.50. The minimum atomic E-state index is -0.0219.